The van der Waals surface area contributed by atoms with Crippen molar-refractivity contribution in [3.05, 3.63) is 29.0 Å². The van der Waals surface area contributed by atoms with Gasteiger partial charge in [0.2, 0.25) is 0 Å². The van der Waals surface area contributed by atoms with Gasteiger partial charge in [-0.05, 0) is 30.5 Å². The van der Waals surface area contributed by atoms with E-state index in [2.05, 4.69) is 22.5 Å². The second kappa shape index (κ2) is 3.24. The van der Waals surface area contributed by atoms with E-state index in [1.54, 1.807) is 0 Å². The molecule has 0 fully saturated rings. The van der Waals surface area contributed by atoms with Gasteiger partial charge in [-0.25, -0.2) is 4.98 Å². The first-order chi connectivity index (χ1) is 7.24. The fourth-order valence-electron chi connectivity index (χ4n) is 2.32. The van der Waals surface area contributed by atoms with E-state index < -0.39 is 0 Å². The van der Waals surface area contributed by atoms with Crippen molar-refractivity contribution in [2.45, 2.75) is 26.3 Å². The van der Waals surface area contributed by atoms with E-state index in [1.807, 2.05) is 12.1 Å². The predicted octanol–water partition coefficient (Wildman–Crippen LogP) is 3.27. The first-order valence-electron chi connectivity index (χ1n) is 5.39. The summed E-state index contributed by atoms with van der Waals surface area (Å²) in [5.41, 5.74) is 2.26. The summed E-state index contributed by atoms with van der Waals surface area (Å²) < 4.78 is 2.33. The summed E-state index contributed by atoms with van der Waals surface area (Å²) in [6.07, 6.45) is 2.34. The smallest absolute Gasteiger partial charge is 0.110 e. The van der Waals surface area contributed by atoms with Crippen LogP contribution in [0.4, 0.5) is 0 Å². The third kappa shape index (κ3) is 1.44. The Labute approximate surface area is 93.9 Å². The van der Waals surface area contributed by atoms with Crippen LogP contribution in [0.25, 0.3) is 11.0 Å². The molecule has 0 saturated heterocycles. The second-order valence-electron chi connectivity index (χ2n) is 4.41. The van der Waals surface area contributed by atoms with Gasteiger partial charge in [-0.1, -0.05) is 18.5 Å². The maximum atomic E-state index is 5.96. The third-order valence-corrected chi connectivity index (χ3v) is 3.40. The molecule has 1 atom stereocenters. The Balaban J connectivity index is 2.23. The number of halogens is 1. The van der Waals surface area contributed by atoms with Gasteiger partial charge in [0.25, 0.3) is 0 Å². The Kier molecular flexibility index (Phi) is 1.99. The van der Waals surface area contributed by atoms with Crippen LogP contribution in [0.2, 0.25) is 5.02 Å². The van der Waals surface area contributed by atoms with Crippen molar-refractivity contribution >= 4 is 22.6 Å². The normalized spacial score (nSPS) is 20.5. The molecular formula is C12H13ClN2. The van der Waals surface area contributed by atoms with Gasteiger partial charge in [0.15, 0.2) is 0 Å². The SMILES string of the molecule is CC1CCn2c(nc3cc(Cl)ccc32)C1. The van der Waals surface area contributed by atoms with E-state index in [-0.39, 0.29) is 0 Å². The topological polar surface area (TPSA) is 17.8 Å². The van der Waals surface area contributed by atoms with Crippen LogP contribution in [-0.4, -0.2) is 9.55 Å². The average molecular weight is 221 g/mol. The van der Waals surface area contributed by atoms with E-state index >= 15 is 0 Å². The summed E-state index contributed by atoms with van der Waals surface area (Å²) >= 11 is 5.96. The van der Waals surface area contributed by atoms with E-state index in [4.69, 9.17) is 11.6 Å². The molecule has 1 aliphatic rings. The number of hydrogen-bond donors (Lipinski definition) is 0. The van der Waals surface area contributed by atoms with E-state index in [9.17, 15) is 0 Å². The molecule has 2 aromatic rings. The molecule has 0 aliphatic carbocycles. The molecule has 2 nitrogen and oxygen atoms in total. The first kappa shape index (κ1) is 9.22. The van der Waals surface area contributed by atoms with Crippen LogP contribution in [0.1, 0.15) is 19.2 Å². The van der Waals surface area contributed by atoms with Crippen molar-refractivity contribution in [3.8, 4) is 0 Å². The molecule has 1 aromatic heterocycles. The van der Waals surface area contributed by atoms with Crippen molar-refractivity contribution in [2.75, 3.05) is 0 Å². The van der Waals surface area contributed by atoms with Gasteiger partial charge < -0.3 is 4.57 Å². The molecule has 3 rings (SSSR count). The van der Waals surface area contributed by atoms with E-state index in [0.717, 1.165) is 29.4 Å². The number of fused-ring (bicyclic) bond motifs is 3. The molecule has 0 radical (unpaired) electrons. The van der Waals surface area contributed by atoms with E-state index in [0.29, 0.717) is 0 Å². The monoisotopic (exact) mass is 220 g/mol. The van der Waals surface area contributed by atoms with Gasteiger partial charge in [0.05, 0.1) is 11.0 Å². The van der Waals surface area contributed by atoms with Gasteiger partial charge in [-0.2, -0.15) is 0 Å². The second-order valence-corrected chi connectivity index (χ2v) is 4.85. The van der Waals surface area contributed by atoms with Crippen molar-refractivity contribution in [2.24, 2.45) is 5.92 Å². The Morgan fingerprint density at radius 1 is 1.47 bits per heavy atom. The lowest BCUT2D eigenvalue weighted by Gasteiger charge is -2.19. The minimum absolute atomic E-state index is 0.754. The highest BCUT2D eigenvalue weighted by Gasteiger charge is 2.18. The largest absolute Gasteiger partial charge is 0.328 e. The fraction of sp³-hybridized carbons (Fsp3) is 0.417. The van der Waals surface area contributed by atoms with Crippen LogP contribution >= 0.6 is 11.6 Å². The Morgan fingerprint density at radius 2 is 2.33 bits per heavy atom. The molecule has 1 aliphatic heterocycles. The molecule has 0 N–H and O–H groups in total. The van der Waals surface area contributed by atoms with Crippen molar-refractivity contribution in [3.63, 3.8) is 0 Å². The summed E-state index contributed by atoms with van der Waals surface area (Å²) in [7, 11) is 0. The highest BCUT2D eigenvalue weighted by Crippen LogP contribution is 2.26. The third-order valence-electron chi connectivity index (χ3n) is 3.17. The number of aryl methyl sites for hydroxylation is 1. The standard InChI is InChI=1S/C12H13ClN2/c1-8-4-5-15-11-3-2-9(13)7-10(11)14-12(15)6-8/h2-3,7-8H,4-6H2,1H3. The van der Waals surface area contributed by atoms with Crippen LogP contribution in [0.5, 0.6) is 0 Å². The molecule has 0 bridgehead atoms. The minimum Gasteiger partial charge on any atom is -0.328 e. The fourth-order valence-corrected chi connectivity index (χ4v) is 2.49. The Hall–Kier alpha value is -1.02. The summed E-state index contributed by atoms with van der Waals surface area (Å²) in [5, 5.41) is 0.769. The van der Waals surface area contributed by atoms with Crippen LogP contribution in [0.3, 0.4) is 0 Å². The van der Waals surface area contributed by atoms with Crippen molar-refractivity contribution in [1.82, 2.24) is 9.55 Å². The molecule has 1 unspecified atom stereocenters. The molecule has 15 heavy (non-hydrogen) atoms. The number of benzene rings is 1. The predicted molar refractivity (Wildman–Crippen MR) is 62.2 cm³/mol. The van der Waals surface area contributed by atoms with E-state index in [1.165, 1.54) is 17.8 Å². The summed E-state index contributed by atoms with van der Waals surface area (Å²) in [6.45, 7) is 3.38. The lowest BCUT2D eigenvalue weighted by atomic mass is 10.0. The van der Waals surface area contributed by atoms with Gasteiger partial charge >= 0.3 is 0 Å². The van der Waals surface area contributed by atoms with Gasteiger partial charge in [-0.3, -0.25) is 0 Å². The van der Waals surface area contributed by atoms with Crippen LogP contribution in [-0.2, 0) is 13.0 Å². The maximum absolute atomic E-state index is 5.96. The molecule has 0 spiro atoms. The number of rotatable bonds is 0. The summed E-state index contributed by atoms with van der Waals surface area (Å²) in [6, 6.07) is 5.97. The van der Waals surface area contributed by atoms with Crippen LogP contribution in [0, 0.1) is 5.92 Å². The highest BCUT2D eigenvalue weighted by atomic mass is 35.5. The molecule has 2 heterocycles. The van der Waals surface area contributed by atoms with Gasteiger partial charge in [0, 0.05) is 18.0 Å². The zero-order chi connectivity index (χ0) is 10.4. The maximum Gasteiger partial charge on any atom is 0.110 e. The molecule has 1 aromatic carbocycles. The van der Waals surface area contributed by atoms with Crippen LogP contribution in [0.15, 0.2) is 18.2 Å². The molecule has 0 amide bonds. The zero-order valence-corrected chi connectivity index (χ0v) is 9.46. The number of hydrogen-bond acceptors (Lipinski definition) is 1. The Bertz CT molecular complexity index is 516. The number of aromatic nitrogens is 2. The average Bonchev–Trinajstić information content (AvgIpc) is 2.53. The molecule has 78 valence electrons. The van der Waals surface area contributed by atoms with Crippen LogP contribution < -0.4 is 0 Å². The van der Waals surface area contributed by atoms with Gasteiger partial charge in [-0.15, -0.1) is 0 Å². The highest BCUT2D eigenvalue weighted by molar-refractivity contribution is 6.31. The quantitative estimate of drug-likeness (QED) is 0.666. The van der Waals surface area contributed by atoms with Crippen molar-refractivity contribution in [1.29, 1.82) is 0 Å². The van der Waals surface area contributed by atoms with Crippen molar-refractivity contribution < 1.29 is 0 Å². The number of imidazole rings is 1. The Morgan fingerprint density at radius 3 is 3.20 bits per heavy atom. The minimum atomic E-state index is 0.754. The number of nitrogens with zero attached hydrogens (tertiary/aromatic N) is 2. The van der Waals surface area contributed by atoms with Gasteiger partial charge in [0.1, 0.15) is 5.82 Å². The lowest BCUT2D eigenvalue weighted by Crippen LogP contribution is -2.17. The summed E-state index contributed by atoms with van der Waals surface area (Å²) in [5.74, 6) is 1.97. The molecule has 0 saturated carbocycles. The zero-order valence-electron chi connectivity index (χ0n) is 8.70. The summed E-state index contributed by atoms with van der Waals surface area (Å²) in [4.78, 5) is 4.64. The lowest BCUT2D eigenvalue weighted by molar-refractivity contribution is 0.415. The molecule has 3 heteroatoms. The molecular weight excluding hydrogens is 208 g/mol. The first-order valence-corrected chi connectivity index (χ1v) is 5.76.